The van der Waals surface area contributed by atoms with Gasteiger partial charge in [-0.1, -0.05) is 0 Å². The van der Waals surface area contributed by atoms with Gasteiger partial charge in [0.05, 0.1) is 24.7 Å². The van der Waals surface area contributed by atoms with Crippen molar-refractivity contribution in [2.24, 2.45) is 5.41 Å². The quantitative estimate of drug-likeness (QED) is 0.474. The van der Waals surface area contributed by atoms with Crippen LogP contribution in [-0.4, -0.2) is 37.5 Å². The summed E-state index contributed by atoms with van der Waals surface area (Å²) in [5.74, 6) is 0. The van der Waals surface area contributed by atoms with Crippen molar-refractivity contribution in [3.05, 3.63) is 0 Å². The maximum atomic E-state index is 9.56. The van der Waals surface area contributed by atoms with E-state index in [1.54, 1.807) is 0 Å². The first-order valence-corrected chi connectivity index (χ1v) is 3.80. The Morgan fingerprint density at radius 2 is 2.30 bits per heavy atom. The standard InChI is InChI=1S/C7H13NO2/c9-6-1-2-8-3-7(6)4-10-5-7/h6,8-9H,1-5H2. The minimum atomic E-state index is -0.137. The fourth-order valence-corrected chi connectivity index (χ4v) is 1.66. The van der Waals surface area contributed by atoms with Crippen LogP contribution in [-0.2, 0) is 4.74 Å². The van der Waals surface area contributed by atoms with Crippen LogP contribution in [0.2, 0.25) is 0 Å². The summed E-state index contributed by atoms with van der Waals surface area (Å²) in [4.78, 5) is 0. The monoisotopic (exact) mass is 143 g/mol. The minimum Gasteiger partial charge on any atom is -0.392 e. The van der Waals surface area contributed by atoms with Crippen molar-refractivity contribution < 1.29 is 9.84 Å². The van der Waals surface area contributed by atoms with Gasteiger partial charge in [-0.15, -0.1) is 0 Å². The molecule has 0 saturated carbocycles. The molecule has 0 bridgehead atoms. The highest BCUT2D eigenvalue weighted by Crippen LogP contribution is 2.34. The number of nitrogens with one attached hydrogen (secondary N) is 1. The Bertz CT molecular complexity index is 134. The van der Waals surface area contributed by atoms with Crippen LogP contribution in [0.1, 0.15) is 6.42 Å². The normalized spacial score (nSPS) is 37.5. The van der Waals surface area contributed by atoms with E-state index in [1.807, 2.05) is 0 Å². The summed E-state index contributed by atoms with van der Waals surface area (Å²) in [6, 6.07) is 0. The number of hydrogen-bond donors (Lipinski definition) is 2. The summed E-state index contributed by atoms with van der Waals surface area (Å²) in [6.45, 7) is 3.35. The largest absolute Gasteiger partial charge is 0.392 e. The molecule has 3 heteroatoms. The summed E-state index contributed by atoms with van der Waals surface area (Å²) >= 11 is 0. The molecule has 0 aromatic rings. The molecule has 2 heterocycles. The van der Waals surface area contributed by atoms with E-state index < -0.39 is 0 Å². The van der Waals surface area contributed by atoms with Crippen LogP contribution in [0, 0.1) is 5.41 Å². The number of piperidine rings is 1. The Hall–Kier alpha value is -0.120. The fraction of sp³-hybridized carbons (Fsp3) is 1.00. The zero-order valence-electron chi connectivity index (χ0n) is 5.97. The Balaban J connectivity index is 2.03. The van der Waals surface area contributed by atoms with Gasteiger partial charge in [-0.05, 0) is 13.0 Å². The van der Waals surface area contributed by atoms with E-state index in [9.17, 15) is 5.11 Å². The first-order valence-electron chi connectivity index (χ1n) is 3.80. The predicted molar refractivity (Wildman–Crippen MR) is 36.7 cm³/mol. The molecule has 2 rings (SSSR count). The topological polar surface area (TPSA) is 41.5 Å². The van der Waals surface area contributed by atoms with Crippen molar-refractivity contribution in [2.45, 2.75) is 12.5 Å². The smallest absolute Gasteiger partial charge is 0.0665 e. The van der Waals surface area contributed by atoms with Gasteiger partial charge in [0.25, 0.3) is 0 Å². The van der Waals surface area contributed by atoms with Crippen LogP contribution in [0.3, 0.4) is 0 Å². The number of ether oxygens (including phenoxy) is 1. The third kappa shape index (κ3) is 0.779. The third-order valence-corrected chi connectivity index (χ3v) is 2.56. The molecule has 1 spiro atoms. The Morgan fingerprint density at radius 3 is 2.70 bits per heavy atom. The lowest BCUT2D eigenvalue weighted by Crippen LogP contribution is -2.60. The van der Waals surface area contributed by atoms with Gasteiger partial charge in [0.2, 0.25) is 0 Å². The molecule has 3 nitrogen and oxygen atoms in total. The van der Waals surface area contributed by atoms with Crippen LogP contribution in [0.25, 0.3) is 0 Å². The molecule has 2 fully saturated rings. The molecule has 2 N–H and O–H groups in total. The van der Waals surface area contributed by atoms with E-state index in [1.165, 1.54) is 0 Å². The van der Waals surface area contributed by atoms with Crippen molar-refractivity contribution in [1.82, 2.24) is 5.32 Å². The number of hydrogen-bond acceptors (Lipinski definition) is 3. The SMILES string of the molecule is OC1CCNCC12COC2. The minimum absolute atomic E-state index is 0.0816. The lowest BCUT2D eigenvalue weighted by atomic mass is 9.76. The average molecular weight is 143 g/mol. The second-order valence-corrected chi connectivity index (χ2v) is 3.34. The third-order valence-electron chi connectivity index (χ3n) is 2.56. The van der Waals surface area contributed by atoms with Gasteiger partial charge in [0.1, 0.15) is 0 Å². The van der Waals surface area contributed by atoms with Gasteiger partial charge in [-0.3, -0.25) is 0 Å². The van der Waals surface area contributed by atoms with E-state index in [2.05, 4.69) is 5.32 Å². The summed E-state index contributed by atoms with van der Waals surface area (Å²) < 4.78 is 5.09. The van der Waals surface area contributed by atoms with E-state index in [4.69, 9.17) is 4.74 Å². The van der Waals surface area contributed by atoms with Gasteiger partial charge in [-0.25, -0.2) is 0 Å². The molecule has 2 aliphatic rings. The number of aliphatic hydroxyl groups excluding tert-OH is 1. The van der Waals surface area contributed by atoms with Crippen molar-refractivity contribution in [1.29, 1.82) is 0 Å². The summed E-state index contributed by atoms with van der Waals surface area (Å²) in [7, 11) is 0. The molecule has 0 radical (unpaired) electrons. The van der Waals surface area contributed by atoms with E-state index in [0.29, 0.717) is 0 Å². The first kappa shape index (κ1) is 6.58. The zero-order valence-corrected chi connectivity index (χ0v) is 5.97. The summed E-state index contributed by atoms with van der Waals surface area (Å²) in [5, 5.41) is 12.8. The second-order valence-electron chi connectivity index (χ2n) is 3.34. The Labute approximate surface area is 60.4 Å². The molecule has 0 aliphatic carbocycles. The first-order chi connectivity index (χ1) is 4.83. The second kappa shape index (κ2) is 2.19. The molecule has 0 aromatic carbocycles. The molecule has 10 heavy (non-hydrogen) atoms. The van der Waals surface area contributed by atoms with E-state index in [0.717, 1.165) is 32.7 Å². The fourth-order valence-electron chi connectivity index (χ4n) is 1.66. The summed E-state index contributed by atoms with van der Waals surface area (Å²) in [6.07, 6.45) is 0.742. The van der Waals surface area contributed by atoms with Crippen molar-refractivity contribution in [3.63, 3.8) is 0 Å². The van der Waals surface area contributed by atoms with Crippen molar-refractivity contribution in [2.75, 3.05) is 26.3 Å². The Morgan fingerprint density at radius 1 is 1.50 bits per heavy atom. The molecule has 1 atom stereocenters. The molecular weight excluding hydrogens is 130 g/mol. The van der Waals surface area contributed by atoms with E-state index >= 15 is 0 Å². The summed E-state index contributed by atoms with van der Waals surface area (Å²) in [5.41, 5.74) is 0.0816. The highest BCUT2D eigenvalue weighted by atomic mass is 16.5. The number of rotatable bonds is 0. The van der Waals surface area contributed by atoms with Crippen LogP contribution < -0.4 is 5.32 Å². The van der Waals surface area contributed by atoms with Gasteiger partial charge in [0.15, 0.2) is 0 Å². The predicted octanol–water partition coefficient (Wildman–Crippen LogP) is -0.643. The molecule has 2 aliphatic heterocycles. The van der Waals surface area contributed by atoms with Crippen LogP contribution in [0.5, 0.6) is 0 Å². The van der Waals surface area contributed by atoms with E-state index in [-0.39, 0.29) is 11.5 Å². The zero-order chi connectivity index (χ0) is 7.03. The van der Waals surface area contributed by atoms with Crippen LogP contribution >= 0.6 is 0 Å². The molecule has 58 valence electrons. The highest BCUT2D eigenvalue weighted by molar-refractivity contribution is 4.96. The molecule has 0 aromatic heterocycles. The lowest BCUT2D eigenvalue weighted by Gasteiger charge is -2.47. The van der Waals surface area contributed by atoms with Gasteiger partial charge >= 0.3 is 0 Å². The highest BCUT2D eigenvalue weighted by Gasteiger charge is 2.46. The van der Waals surface area contributed by atoms with Gasteiger partial charge in [0, 0.05) is 6.54 Å². The lowest BCUT2D eigenvalue weighted by molar-refractivity contribution is -0.179. The maximum Gasteiger partial charge on any atom is 0.0665 e. The molecule has 2 saturated heterocycles. The number of aliphatic hydroxyl groups is 1. The molecular formula is C7H13NO2. The Kier molecular flexibility index (Phi) is 1.44. The van der Waals surface area contributed by atoms with Gasteiger partial charge in [-0.2, -0.15) is 0 Å². The molecule has 0 amide bonds. The molecule has 1 unspecified atom stereocenters. The van der Waals surface area contributed by atoms with Crippen molar-refractivity contribution in [3.8, 4) is 0 Å². The average Bonchev–Trinajstić information content (AvgIpc) is 1.85. The maximum absolute atomic E-state index is 9.56. The van der Waals surface area contributed by atoms with Crippen molar-refractivity contribution >= 4 is 0 Å². The van der Waals surface area contributed by atoms with Crippen LogP contribution in [0.15, 0.2) is 0 Å². The van der Waals surface area contributed by atoms with Crippen LogP contribution in [0.4, 0.5) is 0 Å². The van der Waals surface area contributed by atoms with Gasteiger partial charge < -0.3 is 15.2 Å².